The molecule has 0 spiro atoms. The van der Waals surface area contributed by atoms with Gasteiger partial charge in [0.2, 0.25) is 0 Å². The van der Waals surface area contributed by atoms with E-state index in [2.05, 4.69) is 9.97 Å². The molecule has 1 aliphatic rings. The smallest absolute Gasteiger partial charge is 0.125 e. The van der Waals surface area contributed by atoms with Gasteiger partial charge in [-0.1, -0.05) is 12.8 Å². The largest absolute Gasteiger partial charge is 0.386 e. The van der Waals surface area contributed by atoms with E-state index in [1.807, 2.05) is 6.92 Å². The lowest BCUT2D eigenvalue weighted by molar-refractivity contribution is 0.0297. The highest BCUT2D eigenvalue weighted by molar-refractivity contribution is 5.10. The van der Waals surface area contributed by atoms with Crippen molar-refractivity contribution in [3.63, 3.8) is 0 Å². The van der Waals surface area contributed by atoms with Crippen LogP contribution in [0.3, 0.4) is 0 Å². The number of hydrogen-bond acceptors (Lipinski definition) is 4. The molecule has 1 saturated carbocycles. The first-order valence-electron chi connectivity index (χ1n) is 5.86. The van der Waals surface area contributed by atoms with Gasteiger partial charge < -0.3 is 10.8 Å². The third kappa shape index (κ3) is 1.95. The van der Waals surface area contributed by atoms with Crippen LogP contribution in [0.25, 0.3) is 0 Å². The van der Waals surface area contributed by atoms with Crippen LogP contribution in [0.4, 0.5) is 0 Å². The Morgan fingerprint density at radius 3 is 2.75 bits per heavy atom. The van der Waals surface area contributed by atoms with Gasteiger partial charge in [-0.15, -0.1) is 0 Å². The van der Waals surface area contributed by atoms with Crippen molar-refractivity contribution in [3.8, 4) is 0 Å². The minimum Gasteiger partial charge on any atom is -0.386 e. The molecule has 0 aliphatic heterocycles. The summed E-state index contributed by atoms with van der Waals surface area (Å²) < 4.78 is 0. The lowest BCUT2D eigenvalue weighted by Gasteiger charge is -2.32. The minimum atomic E-state index is -0.554. The molecule has 1 aliphatic carbocycles. The second-order valence-electron chi connectivity index (χ2n) is 4.70. The highest BCUT2D eigenvalue weighted by Gasteiger charge is 2.40. The summed E-state index contributed by atoms with van der Waals surface area (Å²) in [6, 6.07) is 1.79. The van der Waals surface area contributed by atoms with Crippen molar-refractivity contribution in [2.24, 2.45) is 11.1 Å². The van der Waals surface area contributed by atoms with E-state index in [9.17, 15) is 5.11 Å². The molecule has 1 aromatic heterocycles. The molecule has 4 nitrogen and oxygen atoms in total. The van der Waals surface area contributed by atoms with E-state index in [-0.39, 0.29) is 5.41 Å². The zero-order chi connectivity index (χ0) is 11.6. The molecule has 0 amide bonds. The first-order chi connectivity index (χ1) is 7.68. The molecular formula is C12H19N3O. The second-order valence-corrected chi connectivity index (χ2v) is 4.70. The van der Waals surface area contributed by atoms with Gasteiger partial charge in [-0.3, -0.25) is 0 Å². The third-order valence-corrected chi connectivity index (χ3v) is 3.66. The number of nitrogens with two attached hydrogens (primary N) is 1. The number of aliphatic hydroxyl groups excluding tert-OH is 1. The number of aryl methyl sites for hydroxylation is 1. The van der Waals surface area contributed by atoms with Gasteiger partial charge in [-0.05, 0) is 25.8 Å². The lowest BCUT2D eigenvalue weighted by Crippen LogP contribution is -2.34. The molecule has 1 heterocycles. The van der Waals surface area contributed by atoms with Crippen LogP contribution < -0.4 is 5.73 Å². The van der Waals surface area contributed by atoms with E-state index in [0.717, 1.165) is 25.7 Å². The Kier molecular flexibility index (Phi) is 3.21. The zero-order valence-electron chi connectivity index (χ0n) is 9.69. The summed E-state index contributed by atoms with van der Waals surface area (Å²) >= 11 is 0. The molecule has 16 heavy (non-hydrogen) atoms. The standard InChI is InChI=1S/C12H19N3O/c1-9-14-7-4-10(15-9)11(16)12(8-13)5-2-3-6-12/h4,7,11,16H,2-3,5-6,8,13H2,1H3. The Labute approximate surface area is 95.9 Å². The van der Waals surface area contributed by atoms with Gasteiger partial charge in [0.05, 0.1) is 5.69 Å². The fraction of sp³-hybridized carbons (Fsp3) is 0.667. The minimum absolute atomic E-state index is 0.166. The molecule has 0 bridgehead atoms. The van der Waals surface area contributed by atoms with E-state index in [1.165, 1.54) is 0 Å². The van der Waals surface area contributed by atoms with Gasteiger partial charge in [0, 0.05) is 18.2 Å². The monoisotopic (exact) mass is 221 g/mol. The van der Waals surface area contributed by atoms with Crippen molar-refractivity contribution in [2.45, 2.75) is 38.7 Å². The molecule has 1 fully saturated rings. The molecular weight excluding hydrogens is 202 g/mol. The summed E-state index contributed by atoms with van der Waals surface area (Å²) in [6.07, 6.45) is 5.43. The summed E-state index contributed by atoms with van der Waals surface area (Å²) in [7, 11) is 0. The number of aromatic nitrogens is 2. The highest BCUT2D eigenvalue weighted by Crippen LogP contribution is 2.46. The summed E-state index contributed by atoms with van der Waals surface area (Å²) in [6.45, 7) is 2.36. The van der Waals surface area contributed by atoms with Crippen LogP contribution in [0.15, 0.2) is 12.3 Å². The van der Waals surface area contributed by atoms with E-state index in [0.29, 0.717) is 18.1 Å². The molecule has 1 unspecified atom stereocenters. The van der Waals surface area contributed by atoms with Crippen molar-refractivity contribution in [1.29, 1.82) is 0 Å². The van der Waals surface area contributed by atoms with Gasteiger partial charge in [0.15, 0.2) is 0 Å². The zero-order valence-corrected chi connectivity index (χ0v) is 9.69. The molecule has 1 atom stereocenters. The average molecular weight is 221 g/mol. The van der Waals surface area contributed by atoms with Crippen molar-refractivity contribution in [1.82, 2.24) is 9.97 Å². The molecule has 88 valence electrons. The molecule has 0 saturated heterocycles. The van der Waals surface area contributed by atoms with Crippen molar-refractivity contribution >= 4 is 0 Å². The van der Waals surface area contributed by atoms with Gasteiger partial charge in [-0.2, -0.15) is 0 Å². The van der Waals surface area contributed by atoms with Gasteiger partial charge in [-0.25, -0.2) is 9.97 Å². The van der Waals surface area contributed by atoms with E-state index in [1.54, 1.807) is 12.3 Å². The van der Waals surface area contributed by atoms with Crippen LogP contribution in [-0.2, 0) is 0 Å². The lowest BCUT2D eigenvalue weighted by atomic mass is 9.79. The van der Waals surface area contributed by atoms with E-state index >= 15 is 0 Å². The van der Waals surface area contributed by atoms with Gasteiger partial charge in [0.1, 0.15) is 11.9 Å². The Bertz CT molecular complexity index is 361. The normalized spacial score (nSPS) is 20.9. The van der Waals surface area contributed by atoms with Crippen molar-refractivity contribution in [3.05, 3.63) is 23.8 Å². The fourth-order valence-electron chi connectivity index (χ4n) is 2.61. The average Bonchev–Trinajstić information content (AvgIpc) is 2.78. The maximum absolute atomic E-state index is 10.4. The van der Waals surface area contributed by atoms with Crippen LogP contribution in [0.1, 0.15) is 43.3 Å². The third-order valence-electron chi connectivity index (χ3n) is 3.66. The van der Waals surface area contributed by atoms with Crippen molar-refractivity contribution in [2.75, 3.05) is 6.54 Å². The van der Waals surface area contributed by atoms with E-state index < -0.39 is 6.10 Å². The molecule has 1 aromatic rings. The second kappa shape index (κ2) is 4.47. The summed E-state index contributed by atoms with van der Waals surface area (Å²) in [5.74, 6) is 0.696. The molecule has 0 aromatic carbocycles. The topological polar surface area (TPSA) is 72.0 Å². The number of rotatable bonds is 3. The molecule has 3 N–H and O–H groups in total. The van der Waals surface area contributed by atoms with Crippen molar-refractivity contribution < 1.29 is 5.11 Å². The summed E-state index contributed by atoms with van der Waals surface area (Å²) in [4.78, 5) is 8.34. The molecule has 2 rings (SSSR count). The van der Waals surface area contributed by atoms with Gasteiger partial charge in [0.25, 0.3) is 0 Å². The first-order valence-corrected chi connectivity index (χ1v) is 5.86. The maximum atomic E-state index is 10.4. The Morgan fingerprint density at radius 2 is 2.19 bits per heavy atom. The molecule has 0 radical (unpaired) electrons. The van der Waals surface area contributed by atoms with Crippen LogP contribution in [0.5, 0.6) is 0 Å². The van der Waals surface area contributed by atoms with Gasteiger partial charge >= 0.3 is 0 Å². The Balaban J connectivity index is 2.26. The summed E-state index contributed by atoms with van der Waals surface area (Å²) in [5, 5.41) is 10.4. The summed E-state index contributed by atoms with van der Waals surface area (Å²) in [5.41, 5.74) is 6.38. The maximum Gasteiger partial charge on any atom is 0.125 e. The Hall–Kier alpha value is -1.00. The molecule has 4 heteroatoms. The fourth-order valence-corrected chi connectivity index (χ4v) is 2.61. The highest BCUT2D eigenvalue weighted by atomic mass is 16.3. The van der Waals surface area contributed by atoms with Crippen LogP contribution in [0, 0.1) is 12.3 Å². The van der Waals surface area contributed by atoms with Crippen LogP contribution in [-0.4, -0.2) is 21.6 Å². The number of nitrogens with zero attached hydrogens (tertiary/aromatic N) is 2. The quantitative estimate of drug-likeness (QED) is 0.808. The van der Waals surface area contributed by atoms with E-state index in [4.69, 9.17) is 5.73 Å². The number of hydrogen-bond donors (Lipinski definition) is 2. The predicted molar refractivity (Wildman–Crippen MR) is 61.7 cm³/mol. The van der Waals surface area contributed by atoms with Crippen LogP contribution >= 0.6 is 0 Å². The SMILES string of the molecule is Cc1nccc(C(O)C2(CN)CCCC2)n1. The predicted octanol–water partition coefficient (Wildman–Crippen LogP) is 1.34. The Morgan fingerprint density at radius 1 is 1.50 bits per heavy atom. The number of aliphatic hydroxyl groups is 1. The first kappa shape index (κ1) is 11.5. The van der Waals surface area contributed by atoms with Crippen LogP contribution in [0.2, 0.25) is 0 Å².